The van der Waals surface area contributed by atoms with E-state index in [-0.39, 0.29) is 0 Å². The lowest BCUT2D eigenvalue weighted by Crippen LogP contribution is -2.41. The van der Waals surface area contributed by atoms with E-state index in [1.165, 1.54) is 140 Å². The molecule has 0 aromatic heterocycles. The van der Waals surface area contributed by atoms with E-state index in [0.717, 1.165) is 6.61 Å². The molecule has 28 heavy (non-hydrogen) atoms. The van der Waals surface area contributed by atoms with Crippen molar-refractivity contribution in [2.45, 2.75) is 135 Å². The molecule has 0 spiro atoms. The van der Waals surface area contributed by atoms with Gasteiger partial charge in [-0.15, -0.1) is 0 Å². The molecular formula is C26H54NO+. The minimum atomic E-state index is 0.621. The van der Waals surface area contributed by atoms with Gasteiger partial charge >= 0.3 is 0 Å². The number of hydrogen-bond acceptors (Lipinski definition) is 1. The predicted molar refractivity (Wildman–Crippen MR) is 125 cm³/mol. The van der Waals surface area contributed by atoms with E-state index >= 15 is 0 Å². The number of ether oxygens (including phenoxy) is 1. The molecule has 1 saturated heterocycles. The van der Waals surface area contributed by atoms with E-state index in [1.54, 1.807) is 0 Å². The molecule has 1 atom stereocenters. The van der Waals surface area contributed by atoms with Crippen LogP contribution < -0.4 is 0 Å². The predicted octanol–water partition coefficient (Wildman–Crippen LogP) is 7.89. The molecular weight excluding hydrogens is 342 g/mol. The van der Waals surface area contributed by atoms with E-state index in [4.69, 9.17) is 4.74 Å². The van der Waals surface area contributed by atoms with Crippen molar-refractivity contribution < 1.29 is 9.22 Å². The monoisotopic (exact) mass is 396 g/mol. The summed E-state index contributed by atoms with van der Waals surface area (Å²) in [6.07, 6.45) is 28.0. The smallest absolute Gasteiger partial charge is 0.0810 e. The van der Waals surface area contributed by atoms with E-state index in [2.05, 4.69) is 21.0 Å². The second-order valence-corrected chi connectivity index (χ2v) is 10.1. The maximum absolute atomic E-state index is 5.30. The van der Waals surface area contributed by atoms with Crippen LogP contribution >= 0.6 is 0 Å². The standard InChI is InChI=1S/C26H54NO/c1-4-5-6-7-8-9-10-11-12-13-14-15-16-17-18-20-23-27(2,3)24-21-19-22-26-25-28-26/h26H,4-25H2,1-3H3/q+1. The van der Waals surface area contributed by atoms with Crippen molar-refractivity contribution >= 4 is 0 Å². The highest BCUT2D eigenvalue weighted by Crippen LogP contribution is 2.18. The summed E-state index contributed by atoms with van der Waals surface area (Å²) in [5, 5.41) is 0. The largest absolute Gasteiger partial charge is 0.373 e. The second-order valence-electron chi connectivity index (χ2n) is 10.1. The lowest BCUT2D eigenvalue weighted by atomic mass is 10.0. The first-order chi connectivity index (χ1) is 13.6. The molecule has 1 heterocycles. The molecule has 0 aromatic rings. The van der Waals surface area contributed by atoms with E-state index in [0.29, 0.717) is 6.10 Å². The van der Waals surface area contributed by atoms with Crippen molar-refractivity contribution in [3.63, 3.8) is 0 Å². The Morgan fingerprint density at radius 1 is 0.571 bits per heavy atom. The van der Waals surface area contributed by atoms with Gasteiger partial charge in [0.15, 0.2) is 0 Å². The van der Waals surface area contributed by atoms with Crippen LogP contribution in [-0.2, 0) is 4.74 Å². The van der Waals surface area contributed by atoms with Crippen molar-refractivity contribution in [3.8, 4) is 0 Å². The van der Waals surface area contributed by atoms with Gasteiger partial charge in [0, 0.05) is 0 Å². The van der Waals surface area contributed by atoms with Crippen LogP contribution in [0.1, 0.15) is 129 Å². The van der Waals surface area contributed by atoms with Crippen molar-refractivity contribution in [1.29, 1.82) is 0 Å². The number of nitrogens with zero attached hydrogens (tertiary/aromatic N) is 1. The molecule has 168 valence electrons. The van der Waals surface area contributed by atoms with Crippen LogP contribution in [0.5, 0.6) is 0 Å². The SMILES string of the molecule is CCCCCCCCCCCCCCCCCC[N+](C)(C)CCCCC1CO1. The molecule has 1 fully saturated rings. The maximum Gasteiger partial charge on any atom is 0.0810 e. The van der Waals surface area contributed by atoms with Gasteiger partial charge in [-0.2, -0.15) is 0 Å². The third kappa shape index (κ3) is 18.0. The summed E-state index contributed by atoms with van der Waals surface area (Å²) in [6.45, 7) is 6.02. The van der Waals surface area contributed by atoms with Crippen molar-refractivity contribution in [1.82, 2.24) is 0 Å². The highest BCUT2D eigenvalue weighted by Gasteiger charge is 2.22. The van der Waals surface area contributed by atoms with Crippen molar-refractivity contribution in [2.75, 3.05) is 33.8 Å². The van der Waals surface area contributed by atoms with Crippen LogP contribution in [0, 0.1) is 0 Å². The quantitative estimate of drug-likeness (QED) is 0.103. The van der Waals surface area contributed by atoms with Gasteiger partial charge in [-0.25, -0.2) is 0 Å². The summed E-state index contributed by atoms with van der Waals surface area (Å²) in [7, 11) is 4.83. The molecule has 0 saturated carbocycles. The molecule has 0 radical (unpaired) electrons. The molecule has 1 rings (SSSR count). The first-order valence-electron chi connectivity index (χ1n) is 13.1. The first kappa shape index (κ1) is 26.0. The molecule has 2 heteroatoms. The van der Waals surface area contributed by atoms with Crippen LogP contribution in [0.25, 0.3) is 0 Å². The highest BCUT2D eigenvalue weighted by atomic mass is 16.6. The molecule has 0 bridgehead atoms. The normalized spacial score (nSPS) is 16.6. The Kier molecular flexibility index (Phi) is 16.5. The van der Waals surface area contributed by atoms with Crippen molar-refractivity contribution in [2.24, 2.45) is 0 Å². The Labute approximate surface area is 178 Å². The molecule has 0 N–H and O–H groups in total. The molecule has 1 aliphatic rings. The number of epoxide rings is 1. The Balaban J connectivity index is 1.72. The minimum Gasteiger partial charge on any atom is -0.373 e. The van der Waals surface area contributed by atoms with Gasteiger partial charge in [0.05, 0.1) is 39.9 Å². The fourth-order valence-electron chi connectivity index (χ4n) is 4.35. The Morgan fingerprint density at radius 2 is 0.929 bits per heavy atom. The Morgan fingerprint density at radius 3 is 1.32 bits per heavy atom. The zero-order valence-corrected chi connectivity index (χ0v) is 20.0. The second kappa shape index (κ2) is 17.8. The average Bonchev–Trinajstić information content (AvgIpc) is 3.49. The molecule has 1 unspecified atom stereocenters. The summed E-state index contributed by atoms with van der Waals surface area (Å²) in [6, 6.07) is 0. The number of quaternary nitrogens is 1. The van der Waals surface area contributed by atoms with Gasteiger partial charge in [0.2, 0.25) is 0 Å². The van der Waals surface area contributed by atoms with Gasteiger partial charge in [0.1, 0.15) is 0 Å². The summed E-state index contributed by atoms with van der Waals surface area (Å²) in [5.74, 6) is 0. The average molecular weight is 397 g/mol. The van der Waals surface area contributed by atoms with E-state index in [1.807, 2.05) is 0 Å². The van der Waals surface area contributed by atoms with Gasteiger partial charge < -0.3 is 9.22 Å². The molecule has 1 aliphatic heterocycles. The number of rotatable bonds is 22. The van der Waals surface area contributed by atoms with Gasteiger partial charge in [-0.05, 0) is 32.1 Å². The van der Waals surface area contributed by atoms with E-state index in [9.17, 15) is 0 Å². The minimum absolute atomic E-state index is 0.621. The fraction of sp³-hybridized carbons (Fsp3) is 1.00. The molecule has 0 amide bonds. The van der Waals surface area contributed by atoms with Crippen molar-refractivity contribution in [3.05, 3.63) is 0 Å². The Hall–Kier alpha value is -0.0800. The molecule has 0 aliphatic carbocycles. The fourth-order valence-corrected chi connectivity index (χ4v) is 4.35. The highest BCUT2D eigenvalue weighted by molar-refractivity contribution is 4.68. The maximum atomic E-state index is 5.30. The van der Waals surface area contributed by atoms with E-state index < -0.39 is 0 Å². The van der Waals surface area contributed by atoms with Gasteiger partial charge in [0.25, 0.3) is 0 Å². The third-order valence-corrected chi connectivity index (χ3v) is 6.56. The van der Waals surface area contributed by atoms with Crippen LogP contribution in [0.4, 0.5) is 0 Å². The summed E-state index contributed by atoms with van der Waals surface area (Å²) in [5.41, 5.74) is 0. The topological polar surface area (TPSA) is 12.5 Å². The summed E-state index contributed by atoms with van der Waals surface area (Å²) < 4.78 is 6.51. The summed E-state index contributed by atoms with van der Waals surface area (Å²) in [4.78, 5) is 0. The van der Waals surface area contributed by atoms with Crippen LogP contribution in [-0.4, -0.2) is 44.4 Å². The summed E-state index contributed by atoms with van der Waals surface area (Å²) >= 11 is 0. The van der Waals surface area contributed by atoms with Crippen LogP contribution in [0.15, 0.2) is 0 Å². The zero-order chi connectivity index (χ0) is 20.3. The number of hydrogen-bond donors (Lipinski definition) is 0. The lowest BCUT2D eigenvalue weighted by molar-refractivity contribution is -0.890. The molecule has 2 nitrogen and oxygen atoms in total. The van der Waals surface area contributed by atoms with Crippen LogP contribution in [0.3, 0.4) is 0 Å². The Bertz CT molecular complexity index is 324. The number of unbranched alkanes of at least 4 members (excludes halogenated alkanes) is 16. The van der Waals surface area contributed by atoms with Gasteiger partial charge in [-0.3, -0.25) is 0 Å². The lowest BCUT2D eigenvalue weighted by Gasteiger charge is -2.30. The third-order valence-electron chi connectivity index (χ3n) is 6.56. The first-order valence-corrected chi connectivity index (χ1v) is 13.1. The zero-order valence-electron chi connectivity index (χ0n) is 20.0. The van der Waals surface area contributed by atoms with Crippen LogP contribution in [0.2, 0.25) is 0 Å². The molecule has 0 aromatic carbocycles. The van der Waals surface area contributed by atoms with Gasteiger partial charge in [-0.1, -0.05) is 96.8 Å².